The molecule has 0 atom stereocenters. The summed E-state index contributed by atoms with van der Waals surface area (Å²) in [5.41, 5.74) is 1.00. The van der Waals surface area contributed by atoms with Crippen molar-refractivity contribution in [1.82, 2.24) is 0 Å². The van der Waals surface area contributed by atoms with E-state index in [-0.39, 0.29) is 18.8 Å². The van der Waals surface area contributed by atoms with Crippen LogP contribution in [0.2, 0.25) is 0 Å². The van der Waals surface area contributed by atoms with Gasteiger partial charge in [-0.15, -0.1) is 0 Å². The van der Waals surface area contributed by atoms with Gasteiger partial charge in [-0.05, 0) is 24.1 Å². The molecule has 0 aliphatic carbocycles. The first-order chi connectivity index (χ1) is 9.22. The van der Waals surface area contributed by atoms with E-state index in [9.17, 15) is 8.78 Å². The zero-order chi connectivity index (χ0) is 13.7. The third-order valence-corrected chi connectivity index (χ3v) is 2.77. The summed E-state index contributed by atoms with van der Waals surface area (Å²) in [4.78, 5) is 0. The largest absolute Gasteiger partial charge is 0.489 e. The second-order valence-electron chi connectivity index (χ2n) is 4.08. The van der Waals surface area contributed by atoms with E-state index in [0.29, 0.717) is 12.2 Å². The summed E-state index contributed by atoms with van der Waals surface area (Å²) in [5, 5.41) is 8.94. The van der Waals surface area contributed by atoms with Crippen molar-refractivity contribution in [3.63, 3.8) is 0 Å². The van der Waals surface area contributed by atoms with Crippen molar-refractivity contribution >= 4 is 0 Å². The van der Waals surface area contributed by atoms with Gasteiger partial charge in [0.05, 0.1) is 0 Å². The van der Waals surface area contributed by atoms with Crippen LogP contribution in [0, 0.1) is 11.6 Å². The lowest BCUT2D eigenvalue weighted by molar-refractivity contribution is 0.280. The molecule has 0 aliphatic heterocycles. The molecule has 0 radical (unpaired) electrons. The molecule has 0 unspecified atom stereocenters. The monoisotopic (exact) mass is 264 g/mol. The number of hydrogen-bond donors (Lipinski definition) is 1. The number of hydrogen-bond acceptors (Lipinski definition) is 2. The highest BCUT2D eigenvalue weighted by molar-refractivity contribution is 5.33. The van der Waals surface area contributed by atoms with Gasteiger partial charge >= 0.3 is 0 Å². The van der Waals surface area contributed by atoms with Crippen LogP contribution >= 0.6 is 0 Å². The Morgan fingerprint density at radius 1 is 0.947 bits per heavy atom. The van der Waals surface area contributed by atoms with Gasteiger partial charge in [0.15, 0.2) is 11.6 Å². The fourth-order valence-corrected chi connectivity index (χ4v) is 1.79. The highest BCUT2D eigenvalue weighted by Crippen LogP contribution is 2.21. The van der Waals surface area contributed by atoms with Crippen LogP contribution in [0.5, 0.6) is 5.75 Å². The van der Waals surface area contributed by atoms with Crippen molar-refractivity contribution in [1.29, 1.82) is 0 Å². The minimum Gasteiger partial charge on any atom is -0.489 e. The first-order valence-electron chi connectivity index (χ1n) is 5.97. The quantitative estimate of drug-likeness (QED) is 0.899. The van der Waals surface area contributed by atoms with Crippen LogP contribution in [-0.4, -0.2) is 11.7 Å². The summed E-state index contributed by atoms with van der Waals surface area (Å²) in [7, 11) is 0. The summed E-state index contributed by atoms with van der Waals surface area (Å²) in [6.07, 6.45) is 0.460. The van der Waals surface area contributed by atoms with Crippen LogP contribution in [0.15, 0.2) is 42.5 Å². The summed E-state index contributed by atoms with van der Waals surface area (Å²) in [5.74, 6) is -1.20. The van der Waals surface area contributed by atoms with Gasteiger partial charge in [-0.2, -0.15) is 0 Å². The van der Waals surface area contributed by atoms with Gasteiger partial charge in [-0.3, -0.25) is 0 Å². The first-order valence-corrected chi connectivity index (χ1v) is 5.97. The van der Waals surface area contributed by atoms with Crippen LogP contribution in [0.3, 0.4) is 0 Å². The number of para-hydroxylation sites is 1. The van der Waals surface area contributed by atoms with Crippen LogP contribution in [0.25, 0.3) is 0 Å². The molecule has 4 heteroatoms. The summed E-state index contributed by atoms with van der Waals surface area (Å²) in [6, 6.07) is 11.2. The fraction of sp³-hybridized carbons (Fsp3) is 0.200. The average molecular weight is 264 g/mol. The SMILES string of the molecule is OCCc1ccccc1OCc1cccc(F)c1F. The maximum atomic E-state index is 13.5. The highest BCUT2D eigenvalue weighted by Gasteiger charge is 2.09. The number of rotatable bonds is 5. The van der Waals surface area contributed by atoms with Crippen molar-refractivity contribution in [3.05, 3.63) is 65.2 Å². The van der Waals surface area contributed by atoms with Crippen LogP contribution in [0.1, 0.15) is 11.1 Å². The minimum atomic E-state index is -0.887. The Morgan fingerprint density at radius 3 is 2.47 bits per heavy atom. The number of halogens is 2. The van der Waals surface area contributed by atoms with Crippen molar-refractivity contribution in [2.45, 2.75) is 13.0 Å². The molecule has 0 aliphatic rings. The zero-order valence-electron chi connectivity index (χ0n) is 10.3. The normalized spacial score (nSPS) is 10.5. The van der Waals surface area contributed by atoms with Gasteiger partial charge in [-0.1, -0.05) is 30.3 Å². The van der Waals surface area contributed by atoms with Gasteiger partial charge in [0, 0.05) is 12.2 Å². The molecule has 0 saturated carbocycles. The van der Waals surface area contributed by atoms with E-state index < -0.39 is 11.6 Å². The third-order valence-electron chi connectivity index (χ3n) is 2.77. The molecule has 0 fully saturated rings. The number of ether oxygens (including phenoxy) is 1. The first kappa shape index (κ1) is 13.5. The number of benzene rings is 2. The van der Waals surface area contributed by atoms with Gasteiger partial charge in [0.25, 0.3) is 0 Å². The van der Waals surface area contributed by atoms with E-state index >= 15 is 0 Å². The van der Waals surface area contributed by atoms with Crippen LogP contribution in [0.4, 0.5) is 8.78 Å². The van der Waals surface area contributed by atoms with E-state index in [1.54, 1.807) is 12.1 Å². The Bertz CT molecular complexity index is 556. The maximum absolute atomic E-state index is 13.5. The van der Waals surface area contributed by atoms with E-state index in [1.165, 1.54) is 12.1 Å². The van der Waals surface area contributed by atoms with Crippen LogP contribution in [-0.2, 0) is 13.0 Å². The Hall–Kier alpha value is -1.94. The molecular weight excluding hydrogens is 250 g/mol. The molecule has 2 nitrogen and oxygen atoms in total. The Kier molecular flexibility index (Phi) is 4.47. The summed E-state index contributed by atoms with van der Waals surface area (Å²) in [6.45, 7) is -0.0409. The molecule has 0 bridgehead atoms. The summed E-state index contributed by atoms with van der Waals surface area (Å²) >= 11 is 0. The summed E-state index contributed by atoms with van der Waals surface area (Å²) < 4.78 is 32.0. The van der Waals surface area contributed by atoms with Crippen LogP contribution < -0.4 is 4.74 Å². The molecule has 0 saturated heterocycles. The molecule has 0 spiro atoms. The van der Waals surface area contributed by atoms with E-state index in [4.69, 9.17) is 9.84 Å². The van der Waals surface area contributed by atoms with Gasteiger partial charge in [-0.25, -0.2) is 8.78 Å². The van der Waals surface area contributed by atoms with Crippen molar-refractivity contribution in [2.24, 2.45) is 0 Å². The lowest BCUT2D eigenvalue weighted by Gasteiger charge is -2.11. The Labute approximate surface area is 110 Å². The van der Waals surface area contributed by atoms with Gasteiger partial charge < -0.3 is 9.84 Å². The van der Waals surface area contributed by atoms with Crippen molar-refractivity contribution in [3.8, 4) is 5.75 Å². The molecular formula is C15H14F2O2. The molecule has 1 N–H and O–H groups in total. The smallest absolute Gasteiger partial charge is 0.165 e. The van der Waals surface area contributed by atoms with E-state index in [0.717, 1.165) is 11.6 Å². The highest BCUT2D eigenvalue weighted by atomic mass is 19.2. The minimum absolute atomic E-state index is 0.00863. The predicted molar refractivity (Wildman–Crippen MR) is 67.9 cm³/mol. The Balaban J connectivity index is 2.12. The number of aliphatic hydroxyl groups excluding tert-OH is 1. The third kappa shape index (κ3) is 3.29. The van der Waals surface area contributed by atoms with Gasteiger partial charge in [0.2, 0.25) is 0 Å². The molecule has 0 heterocycles. The lowest BCUT2D eigenvalue weighted by Crippen LogP contribution is -2.03. The Morgan fingerprint density at radius 2 is 1.68 bits per heavy atom. The molecule has 0 amide bonds. The fourth-order valence-electron chi connectivity index (χ4n) is 1.79. The standard InChI is InChI=1S/C15H14F2O2/c16-13-6-3-5-12(15(13)17)10-19-14-7-2-1-4-11(14)8-9-18/h1-7,18H,8-10H2. The average Bonchev–Trinajstić information content (AvgIpc) is 2.42. The van der Waals surface area contributed by atoms with Gasteiger partial charge in [0.1, 0.15) is 12.4 Å². The second kappa shape index (κ2) is 6.29. The second-order valence-corrected chi connectivity index (χ2v) is 4.08. The molecule has 0 aromatic heterocycles. The molecule has 19 heavy (non-hydrogen) atoms. The molecule has 2 aromatic rings. The lowest BCUT2D eigenvalue weighted by atomic mass is 10.1. The maximum Gasteiger partial charge on any atom is 0.165 e. The van der Waals surface area contributed by atoms with E-state index in [2.05, 4.69) is 0 Å². The molecule has 100 valence electrons. The predicted octanol–water partition coefficient (Wildman–Crippen LogP) is 3.08. The topological polar surface area (TPSA) is 29.5 Å². The van der Waals surface area contributed by atoms with E-state index in [1.807, 2.05) is 12.1 Å². The van der Waals surface area contributed by atoms with Crippen molar-refractivity contribution in [2.75, 3.05) is 6.61 Å². The number of aliphatic hydroxyl groups is 1. The van der Waals surface area contributed by atoms with Crippen molar-refractivity contribution < 1.29 is 18.6 Å². The molecule has 2 rings (SSSR count). The zero-order valence-corrected chi connectivity index (χ0v) is 10.3. The molecule has 2 aromatic carbocycles.